The summed E-state index contributed by atoms with van der Waals surface area (Å²) in [6.07, 6.45) is 4.78. The lowest BCUT2D eigenvalue weighted by Crippen LogP contribution is -2.03. The highest BCUT2D eigenvalue weighted by atomic mass is 32.1. The molecule has 4 rings (SSSR count). The van der Waals surface area contributed by atoms with Crippen LogP contribution in [0.25, 0.3) is 21.5 Å². The molecule has 0 saturated carbocycles. The number of rotatable bonds is 5. The van der Waals surface area contributed by atoms with Crippen LogP contribution >= 0.6 is 11.3 Å². The van der Waals surface area contributed by atoms with Gasteiger partial charge in [-0.2, -0.15) is 5.26 Å². The van der Waals surface area contributed by atoms with Gasteiger partial charge in [0, 0.05) is 22.7 Å². The highest BCUT2D eigenvalue weighted by Crippen LogP contribution is 2.32. The molecule has 0 radical (unpaired) electrons. The van der Waals surface area contributed by atoms with E-state index < -0.39 is 0 Å². The summed E-state index contributed by atoms with van der Waals surface area (Å²) in [4.78, 5) is 21.2. The zero-order valence-electron chi connectivity index (χ0n) is 15.3. The molecule has 7 nitrogen and oxygen atoms in total. The molecule has 0 aliphatic rings. The van der Waals surface area contributed by atoms with Crippen molar-refractivity contribution in [2.45, 2.75) is 20.4 Å². The van der Waals surface area contributed by atoms with Crippen molar-refractivity contribution in [1.82, 2.24) is 14.5 Å². The lowest BCUT2D eigenvalue weighted by atomic mass is 10.1. The number of nitriles is 1. The number of oxazole rings is 1. The maximum Gasteiger partial charge on any atom is 0.350 e. The quantitative estimate of drug-likeness (QED) is 0.474. The Morgan fingerprint density at radius 1 is 1.43 bits per heavy atom. The van der Waals surface area contributed by atoms with Gasteiger partial charge in [0.15, 0.2) is 6.39 Å². The van der Waals surface area contributed by atoms with E-state index in [1.54, 1.807) is 26.3 Å². The number of ether oxygens (including phenoxy) is 1. The van der Waals surface area contributed by atoms with Crippen LogP contribution in [0.3, 0.4) is 0 Å². The summed E-state index contributed by atoms with van der Waals surface area (Å²) in [5, 5.41) is 11.1. The molecular weight excluding hydrogens is 376 g/mol. The topological polar surface area (TPSA) is 93.9 Å². The van der Waals surface area contributed by atoms with Crippen LogP contribution in [-0.4, -0.2) is 27.1 Å². The van der Waals surface area contributed by atoms with Crippen molar-refractivity contribution in [3.05, 3.63) is 58.9 Å². The SMILES string of the molecule is CCOC(=O)c1sc(-c2ccc3c(c2)c(C#N)cn3Cc2cocn2)nc1C. The van der Waals surface area contributed by atoms with Crippen LogP contribution in [0.4, 0.5) is 0 Å². The molecule has 3 aromatic heterocycles. The van der Waals surface area contributed by atoms with Crippen LogP contribution < -0.4 is 0 Å². The van der Waals surface area contributed by atoms with Gasteiger partial charge >= 0.3 is 5.97 Å². The second-order valence-corrected chi connectivity index (χ2v) is 7.15. The van der Waals surface area contributed by atoms with E-state index in [1.165, 1.54) is 17.7 Å². The van der Waals surface area contributed by atoms with E-state index in [0.717, 1.165) is 27.2 Å². The average Bonchev–Trinajstić information content (AvgIpc) is 3.41. The molecule has 0 bridgehead atoms. The molecule has 0 unspecified atom stereocenters. The molecule has 0 atom stereocenters. The minimum absolute atomic E-state index is 0.321. The number of aromatic nitrogens is 3. The Labute approximate surface area is 164 Å². The number of carbonyl (C=O) groups excluding carboxylic acids is 1. The number of hydrogen-bond donors (Lipinski definition) is 0. The average molecular weight is 392 g/mol. The van der Waals surface area contributed by atoms with Crippen LogP contribution in [0.2, 0.25) is 0 Å². The number of esters is 1. The molecular formula is C20H16N4O3S. The van der Waals surface area contributed by atoms with Crippen LogP contribution in [0, 0.1) is 18.3 Å². The van der Waals surface area contributed by atoms with Crippen molar-refractivity contribution in [2.75, 3.05) is 6.61 Å². The summed E-state index contributed by atoms with van der Waals surface area (Å²) in [5.41, 5.74) is 3.76. The van der Waals surface area contributed by atoms with Crippen molar-refractivity contribution < 1.29 is 13.9 Å². The molecule has 8 heteroatoms. The van der Waals surface area contributed by atoms with Crippen molar-refractivity contribution in [1.29, 1.82) is 5.26 Å². The molecule has 1 aromatic carbocycles. The number of benzene rings is 1. The fraction of sp³-hybridized carbons (Fsp3) is 0.200. The predicted molar refractivity (Wildman–Crippen MR) is 104 cm³/mol. The first kappa shape index (κ1) is 17.9. The first-order valence-electron chi connectivity index (χ1n) is 8.65. The Kier molecular flexibility index (Phi) is 4.67. The highest BCUT2D eigenvalue weighted by Gasteiger charge is 2.18. The van der Waals surface area contributed by atoms with Gasteiger partial charge in [-0.3, -0.25) is 0 Å². The molecule has 0 spiro atoms. The molecule has 28 heavy (non-hydrogen) atoms. The van der Waals surface area contributed by atoms with E-state index in [4.69, 9.17) is 9.15 Å². The monoisotopic (exact) mass is 392 g/mol. The van der Waals surface area contributed by atoms with Crippen LogP contribution in [0.15, 0.2) is 41.5 Å². The summed E-state index contributed by atoms with van der Waals surface area (Å²) in [7, 11) is 0. The standard InChI is InChI=1S/C20H16N4O3S/c1-3-27-20(25)18-12(2)23-19(28-18)13-4-5-17-16(6-13)14(7-21)8-24(17)9-15-10-26-11-22-15/h4-6,8,10-11H,3,9H2,1-2H3. The minimum atomic E-state index is -0.360. The van der Waals surface area contributed by atoms with Crippen molar-refractivity contribution in [3.8, 4) is 16.6 Å². The number of hydrogen-bond acceptors (Lipinski definition) is 7. The third kappa shape index (κ3) is 3.17. The van der Waals surface area contributed by atoms with Crippen molar-refractivity contribution >= 4 is 28.2 Å². The molecule has 140 valence electrons. The maximum absolute atomic E-state index is 12.1. The molecule has 3 heterocycles. The van der Waals surface area contributed by atoms with Gasteiger partial charge in [0.05, 0.1) is 30.1 Å². The highest BCUT2D eigenvalue weighted by molar-refractivity contribution is 7.17. The van der Waals surface area contributed by atoms with Gasteiger partial charge in [-0.1, -0.05) is 0 Å². The Bertz CT molecular complexity index is 1200. The maximum atomic E-state index is 12.1. The van der Waals surface area contributed by atoms with Crippen molar-refractivity contribution in [2.24, 2.45) is 0 Å². The normalized spacial score (nSPS) is 10.9. The Morgan fingerprint density at radius 3 is 3.00 bits per heavy atom. The summed E-state index contributed by atoms with van der Waals surface area (Å²) >= 11 is 1.30. The zero-order chi connectivity index (χ0) is 19.7. The van der Waals surface area contributed by atoms with E-state index in [1.807, 2.05) is 22.8 Å². The van der Waals surface area contributed by atoms with Gasteiger partial charge in [0.1, 0.15) is 22.2 Å². The molecule has 0 fully saturated rings. The first-order chi connectivity index (χ1) is 13.6. The molecule has 0 aliphatic carbocycles. The number of fused-ring (bicyclic) bond motifs is 1. The predicted octanol–water partition coefficient (Wildman–Crippen LogP) is 4.16. The lowest BCUT2D eigenvalue weighted by molar-refractivity contribution is 0.0531. The summed E-state index contributed by atoms with van der Waals surface area (Å²) in [6.45, 7) is 4.40. The van der Waals surface area contributed by atoms with Crippen LogP contribution in [0.1, 0.15) is 33.5 Å². The van der Waals surface area contributed by atoms with Crippen molar-refractivity contribution in [3.63, 3.8) is 0 Å². The molecule has 0 aliphatic heterocycles. The van der Waals surface area contributed by atoms with E-state index in [-0.39, 0.29) is 5.97 Å². The molecule has 4 aromatic rings. The number of thiazole rings is 1. The second kappa shape index (κ2) is 7.29. The van der Waals surface area contributed by atoms with Gasteiger partial charge in [0.2, 0.25) is 0 Å². The third-order valence-electron chi connectivity index (χ3n) is 4.32. The molecule has 0 N–H and O–H groups in total. The zero-order valence-corrected chi connectivity index (χ0v) is 16.1. The van der Waals surface area contributed by atoms with Crippen LogP contribution in [-0.2, 0) is 11.3 Å². The van der Waals surface area contributed by atoms with E-state index in [9.17, 15) is 10.1 Å². The van der Waals surface area contributed by atoms with Gasteiger partial charge < -0.3 is 13.7 Å². The van der Waals surface area contributed by atoms with Crippen LogP contribution in [0.5, 0.6) is 0 Å². The number of carbonyl (C=O) groups is 1. The number of aryl methyl sites for hydroxylation is 1. The molecule has 0 saturated heterocycles. The van der Waals surface area contributed by atoms with Gasteiger partial charge in [0.25, 0.3) is 0 Å². The van der Waals surface area contributed by atoms with Gasteiger partial charge in [-0.05, 0) is 32.0 Å². The van der Waals surface area contributed by atoms with E-state index in [2.05, 4.69) is 16.0 Å². The largest absolute Gasteiger partial charge is 0.462 e. The second-order valence-electron chi connectivity index (χ2n) is 6.15. The van der Waals surface area contributed by atoms with E-state index in [0.29, 0.717) is 29.3 Å². The minimum Gasteiger partial charge on any atom is -0.462 e. The third-order valence-corrected chi connectivity index (χ3v) is 5.51. The number of nitrogens with zero attached hydrogens (tertiary/aromatic N) is 4. The first-order valence-corrected chi connectivity index (χ1v) is 9.47. The van der Waals surface area contributed by atoms with E-state index >= 15 is 0 Å². The molecule has 0 amide bonds. The summed E-state index contributed by atoms with van der Waals surface area (Å²) < 4.78 is 12.1. The lowest BCUT2D eigenvalue weighted by Gasteiger charge is -2.03. The van der Waals surface area contributed by atoms with Gasteiger partial charge in [-0.25, -0.2) is 14.8 Å². The summed E-state index contributed by atoms with van der Waals surface area (Å²) in [5.74, 6) is -0.360. The van der Waals surface area contributed by atoms with Gasteiger partial charge in [-0.15, -0.1) is 11.3 Å². The Hall–Kier alpha value is -3.44. The fourth-order valence-corrected chi connectivity index (χ4v) is 4.00. The Morgan fingerprint density at radius 2 is 2.29 bits per heavy atom. The Balaban J connectivity index is 1.75. The smallest absolute Gasteiger partial charge is 0.350 e. The summed E-state index contributed by atoms with van der Waals surface area (Å²) in [6, 6.07) is 8.07. The fourth-order valence-electron chi connectivity index (χ4n) is 3.05.